The van der Waals surface area contributed by atoms with E-state index in [9.17, 15) is 4.79 Å². The minimum atomic E-state index is -0.111. The third-order valence-corrected chi connectivity index (χ3v) is 3.27. The maximum Gasteiger partial charge on any atom is 0.257 e. The normalized spacial score (nSPS) is 10.9. The number of hydrogen-bond donors (Lipinski definition) is 2. The van der Waals surface area contributed by atoms with Crippen LogP contribution < -0.4 is 15.8 Å². The summed E-state index contributed by atoms with van der Waals surface area (Å²) >= 11 is 0. The standard InChI is InChI=1S/C17H22N2O2/c1-12(2)10-19-17(20)11-21-16-8-7-13-5-3-4-6-14(13)15(16)9-18/h3-8,12H,9-11,18H2,1-2H3,(H,19,20). The number of benzene rings is 2. The van der Waals surface area contributed by atoms with Crippen molar-refractivity contribution in [2.45, 2.75) is 20.4 Å². The number of fused-ring (bicyclic) bond motifs is 1. The summed E-state index contributed by atoms with van der Waals surface area (Å²) in [5, 5.41) is 5.02. The van der Waals surface area contributed by atoms with E-state index in [0.717, 1.165) is 16.3 Å². The highest BCUT2D eigenvalue weighted by Gasteiger charge is 2.09. The van der Waals surface area contributed by atoms with Crippen molar-refractivity contribution in [1.29, 1.82) is 0 Å². The molecule has 4 heteroatoms. The van der Waals surface area contributed by atoms with Gasteiger partial charge in [-0.25, -0.2) is 0 Å². The zero-order valence-electron chi connectivity index (χ0n) is 12.6. The number of amides is 1. The van der Waals surface area contributed by atoms with Gasteiger partial charge in [0.05, 0.1) is 0 Å². The second-order valence-corrected chi connectivity index (χ2v) is 5.45. The predicted molar refractivity (Wildman–Crippen MR) is 85.2 cm³/mol. The number of rotatable bonds is 6. The molecule has 0 heterocycles. The third-order valence-electron chi connectivity index (χ3n) is 3.27. The summed E-state index contributed by atoms with van der Waals surface area (Å²) in [4.78, 5) is 11.7. The average Bonchev–Trinajstić information content (AvgIpc) is 2.50. The van der Waals surface area contributed by atoms with E-state index in [1.807, 2.05) is 36.4 Å². The molecule has 0 radical (unpaired) electrons. The first-order chi connectivity index (χ1) is 10.1. The van der Waals surface area contributed by atoms with Crippen LogP contribution in [0, 0.1) is 5.92 Å². The van der Waals surface area contributed by atoms with Crippen molar-refractivity contribution in [2.75, 3.05) is 13.2 Å². The molecule has 0 saturated heterocycles. The highest BCUT2D eigenvalue weighted by Crippen LogP contribution is 2.27. The number of ether oxygens (including phenoxy) is 1. The Balaban J connectivity index is 2.10. The molecule has 2 aromatic carbocycles. The molecule has 2 rings (SSSR count). The summed E-state index contributed by atoms with van der Waals surface area (Å²) < 4.78 is 5.64. The van der Waals surface area contributed by atoms with Gasteiger partial charge in [0.15, 0.2) is 6.61 Å². The average molecular weight is 286 g/mol. The Morgan fingerprint density at radius 2 is 2.00 bits per heavy atom. The lowest BCUT2D eigenvalue weighted by molar-refractivity contribution is -0.123. The van der Waals surface area contributed by atoms with Gasteiger partial charge in [0.25, 0.3) is 5.91 Å². The minimum absolute atomic E-state index is 0.0120. The van der Waals surface area contributed by atoms with E-state index in [1.54, 1.807) is 0 Å². The maximum absolute atomic E-state index is 11.7. The Hall–Kier alpha value is -2.07. The first kappa shape index (κ1) is 15.3. The molecule has 2 aromatic rings. The Bertz CT molecular complexity index is 623. The molecule has 0 saturated carbocycles. The van der Waals surface area contributed by atoms with Crippen molar-refractivity contribution >= 4 is 16.7 Å². The fourth-order valence-corrected chi connectivity index (χ4v) is 2.17. The molecule has 0 unspecified atom stereocenters. The van der Waals surface area contributed by atoms with Crippen molar-refractivity contribution in [3.05, 3.63) is 42.0 Å². The van der Waals surface area contributed by atoms with E-state index in [-0.39, 0.29) is 12.5 Å². The second-order valence-electron chi connectivity index (χ2n) is 5.45. The first-order valence-electron chi connectivity index (χ1n) is 7.22. The zero-order chi connectivity index (χ0) is 15.2. The second kappa shape index (κ2) is 7.09. The molecule has 0 aliphatic carbocycles. The van der Waals surface area contributed by atoms with Crippen LogP contribution in [0.3, 0.4) is 0 Å². The largest absolute Gasteiger partial charge is 0.483 e. The fourth-order valence-electron chi connectivity index (χ4n) is 2.17. The number of nitrogens with one attached hydrogen (secondary N) is 1. The highest BCUT2D eigenvalue weighted by molar-refractivity contribution is 5.88. The molecule has 3 N–H and O–H groups in total. The third kappa shape index (κ3) is 3.95. The fraction of sp³-hybridized carbons (Fsp3) is 0.353. The van der Waals surface area contributed by atoms with Crippen molar-refractivity contribution in [3.63, 3.8) is 0 Å². The molecule has 0 aliphatic rings. The quantitative estimate of drug-likeness (QED) is 0.857. The van der Waals surface area contributed by atoms with Crippen LogP contribution in [-0.4, -0.2) is 19.1 Å². The minimum Gasteiger partial charge on any atom is -0.483 e. The van der Waals surface area contributed by atoms with Gasteiger partial charge in [0.2, 0.25) is 0 Å². The molecule has 0 spiro atoms. The Kier molecular flexibility index (Phi) is 5.17. The van der Waals surface area contributed by atoms with Crippen molar-refractivity contribution < 1.29 is 9.53 Å². The summed E-state index contributed by atoms with van der Waals surface area (Å²) in [5.74, 6) is 0.991. The van der Waals surface area contributed by atoms with E-state index in [4.69, 9.17) is 10.5 Å². The molecule has 0 aromatic heterocycles. The van der Waals surface area contributed by atoms with E-state index >= 15 is 0 Å². The SMILES string of the molecule is CC(C)CNC(=O)COc1ccc2ccccc2c1CN. The van der Waals surface area contributed by atoms with Gasteiger partial charge in [-0.05, 0) is 22.8 Å². The number of carbonyl (C=O) groups is 1. The van der Waals surface area contributed by atoms with Crippen LogP contribution in [0.2, 0.25) is 0 Å². The van der Waals surface area contributed by atoms with E-state index < -0.39 is 0 Å². The molecule has 4 nitrogen and oxygen atoms in total. The van der Waals surface area contributed by atoms with Gasteiger partial charge in [0, 0.05) is 18.7 Å². The van der Waals surface area contributed by atoms with Gasteiger partial charge >= 0.3 is 0 Å². The maximum atomic E-state index is 11.7. The zero-order valence-corrected chi connectivity index (χ0v) is 12.6. The van der Waals surface area contributed by atoms with Gasteiger partial charge in [-0.1, -0.05) is 44.2 Å². The Morgan fingerprint density at radius 1 is 1.24 bits per heavy atom. The lowest BCUT2D eigenvalue weighted by atomic mass is 10.0. The van der Waals surface area contributed by atoms with Crippen LogP contribution in [0.1, 0.15) is 19.4 Å². The van der Waals surface area contributed by atoms with E-state index in [1.165, 1.54) is 0 Å². The van der Waals surface area contributed by atoms with Gasteiger partial charge < -0.3 is 15.8 Å². The molecule has 0 fully saturated rings. The first-order valence-corrected chi connectivity index (χ1v) is 7.22. The summed E-state index contributed by atoms with van der Waals surface area (Å²) in [6.07, 6.45) is 0. The van der Waals surface area contributed by atoms with Crippen LogP contribution in [0.25, 0.3) is 10.8 Å². The lowest BCUT2D eigenvalue weighted by Crippen LogP contribution is -2.31. The van der Waals surface area contributed by atoms with Gasteiger partial charge in [-0.3, -0.25) is 4.79 Å². The Morgan fingerprint density at radius 3 is 2.71 bits per heavy atom. The van der Waals surface area contributed by atoms with Crippen LogP contribution >= 0.6 is 0 Å². The number of carbonyl (C=O) groups excluding carboxylic acids is 1. The summed E-state index contributed by atoms with van der Waals surface area (Å²) in [6.45, 7) is 5.15. The molecule has 0 aliphatic heterocycles. The van der Waals surface area contributed by atoms with E-state index in [0.29, 0.717) is 24.8 Å². The van der Waals surface area contributed by atoms with Crippen molar-refractivity contribution in [2.24, 2.45) is 11.7 Å². The number of nitrogens with two attached hydrogens (primary N) is 1. The molecule has 21 heavy (non-hydrogen) atoms. The van der Waals surface area contributed by atoms with Crippen LogP contribution in [-0.2, 0) is 11.3 Å². The van der Waals surface area contributed by atoms with Gasteiger partial charge in [-0.2, -0.15) is 0 Å². The monoisotopic (exact) mass is 286 g/mol. The molecule has 112 valence electrons. The van der Waals surface area contributed by atoms with Crippen LogP contribution in [0.4, 0.5) is 0 Å². The van der Waals surface area contributed by atoms with E-state index in [2.05, 4.69) is 19.2 Å². The topological polar surface area (TPSA) is 64.3 Å². The smallest absolute Gasteiger partial charge is 0.257 e. The number of hydrogen-bond acceptors (Lipinski definition) is 3. The molecule has 0 atom stereocenters. The van der Waals surface area contributed by atoms with Gasteiger partial charge in [0.1, 0.15) is 5.75 Å². The molecular weight excluding hydrogens is 264 g/mol. The molecule has 0 bridgehead atoms. The Labute approximate surface area is 125 Å². The summed E-state index contributed by atoms with van der Waals surface area (Å²) in [5.41, 5.74) is 6.78. The summed E-state index contributed by atoms with van der Waals surface area (Å²) in [7, 11) is 0. The van der Waals surface area contributed by atoms with Crippen LogP contribution in [0.5, 0.6) is 5.75 Å². The summed E-state index contributed by atoms with van der Waals surface area (Å²) in [6, 6.07) is 11.9. The van der Waals surface area contributed by atoms with Crippen molar-refractivity contribution in [1.82, 2.24) is 5.32 Å². The van der Waals surface area contributed by atoms with Crippen molar-refractivity contribution in [3.8, 4) is 5.75 Å². The molecular formula is C17H22N2O2. The predicted octanol–water partition coefficient (Wildman–Crippen LogP) is 2.45. The molecule has 1 amide bonds. The van der Waals surface area contributed by atoms with Gasteiger partial charge in [-0.15, -0.1) is 0 Å². The van der Waals surface area contributed by atoms with Crippen LogP contribution in [0.15, 0.2) is 36.4 Å². The lowest BCUT2D eigenvalue weighted by Gasteiger charge is -2.13. The highest BCUT2D eigenvalue weighted by atomic mass is 16.5.